The minimum atomic E-state index is -0.572. The molecule has 2 aromatic rings. The van der Waals surface area contributed by atoms with Crippen LogP contribution in [-0.2, 0) is 15.1 Å². The number of amides is 1. The van der Waals surface area contributed by atoms with E-state index in [-0.39, 0.29) is 5.91 Å². The molecule has 1 N–H and O–H groups in total. The van der Waals surface area contributed by atoms with Gasteiger partial charge in [0, 0.05) is 13.2 Å². The summed E-state index contributed by atoms with van der Waals surface area (Å²) in [5.41, 5.74) is 1.21. The Labute approximate surface area is 172 Å². The average Bonchev–Trinajstić information content (AvgIpc) is 2.78. The van der Waals surface area contributed by atoms with Crippen LogP contribution in [0.2, 0.25) is 0 Å². The lowest BCUT2D eigenvalue weighted by atomic mass is 9.90. The van der Waals surface area contributed by atoms with Gasteiger partial charge in [0.2, 0.25) is 11.7 Å². The summed E-state index contributed by atoms with van der Waals surface area (Å²) < 4.78 is 21.8. The second kappa shape index (κ2) is 10.5. The number of nitrogens with one attached hydrogen (secondary N) is 1. The molecule has 6 nitrogen and oxygen atoms in total. The SMILES string of the molecule is CCC(CNC(=O)/C=C/c1cc(OC)c(OC)c(OC)c1)(OC)c1ccccc1. The maximum Gasteiger partial charge on any atom is 0.244 e. The van der Waals surface area contributed by atoms with Gasteiger partial charge in [-0.25, -0.2) is 0 Å². The molecule has 0 radical (unpaired) electrons. The lowest BCUT2D eigenvalue weighted by Crippen LogP contribution is -2.41. The molecule has 1 atom stereocenters. The number of hydrogen-bond acceptors (Lipinski definition) is 5. The van der Waals surface area contributed by atoms with Crippen LogP contribution in [0.15, 0.2) is 48.5 Å². The van der Waals surface area contributed by atoms with Gasteiger partial charge in [0.15, 0.2) is 11.5 Å². The van der Waals surface area contributed by atoms with E-state index in [4.69, 9.17) is 18.9 Å². The molecule has 0 aliphatic heterocycles. The summed E-state index contributed by atoms with van der Waals surface area (Å²) in [4.78, 5) is 12.4. The fourth-order valence-corrected chi connectivity index (χ4v) is 3.17. The number of benzene rings is 2. The van der Waals surface area contributed by atoms with Crippen molar-refractivity contribution in [2.45, 2.75) is 18.9 Å². The molecule has 0 fully saturated rings. The molecule has 0 aromatic heterocycles. The fourth-order valence-electron chi connectivity index (χ4n) is 3.17. The number of rotatable bonds is 10. The van der Waals surface area contributed by atoms with E-state index in [9.17, 15) is 4.79 Å². The molecule has 0 bridgehead atoms. The molecule has 1 unspecified atom stereocenters. The second-order valence-corrected chi connectivity index (χ2v) is 6.43. The van der Waals surface area contributed by atoms with Gasteiger partial charge < -0.3 is 24.3 Å². The molecule has 2 aromatic carbocycles. The van der Waals surface area contributed by atoms with Crippen LogP contribution < -0.4 is 19.5 Å². The van der Waals surface area contributed by atoms with Crippen molar-refractivity contribution in [3.05, 3.63) is 59.7 Å². The third-order valence-corrected chi connectivity index (χ3v) is 4.92. The van der Waals surface area contributed by atoms with E-state index in [2.05, 4.69) is 5.32 Å². The van der Waals surface area contributed by atoms with Crippen molar-refractivity contribution < 1.29 is 23.7 Å². The van der Waals surface area contributed by atoms with Gasteiger partial charge in [-0.05, 0) is 35.8 Å². The highest BCUT2D eigenvalue weighted by Gasteiger charge is 2.30. The Bertz CT molecular complexity index is 803. The lowest BCUT2D eigenvalue weighted by Gasteiger charge is -2.32. The Morgan fingerprint density at radius 1 is 1.00 bits per heavy atom. The van der Waals surface area contributed by atoms with Crippen molar-refractivity contribution in [2.75, 3.05) is 35.0 Å². The first-order chi connectivity index (χ1) is 14.0. The zero-order chi connectivity index (χ0) is 21.3. The summed E-state index contributed by atoms with van der Waals surface area (Å²) >= 11 is 0. The van der Waals surface area contributed by atoms with E-state index in [0.717, 1.165) is 17.5 Å². The molecule has 156 valence electrons. The Morgan fingerprint density at radius 2 is 1.62 bits per heavy atom. The van der Waals surface area contributed by atoms with E-state index in [1.165, 1.54) is 6.08 Å². The Hall–Kier alpha value is -2.99. The quantitative estimate of drug-likeness (QED) is 0.616. The summed E-state index contributed by atoms with van der Waals surface area (Å²) in [6, 6.07) is 13.4. The molecule has 6 heteroatoms. The maximum absolute atomic E-state index is 12.4. The van der Waals surface area contributed by atoms with Crippen LogP contribution in [0.1, 0.15) is 24.5 Å². The van der Waals surface area contributed by atoms with Crippen molar-refractivity contribution in [1.29, 1.82) is 0 Å². The minimum Gasteiger partial charge on any atom is -0.493 e. The molecule has 29 heavy (non-hydrogen) atoms. The predicted octanol–water partition coefficient (Wildman–Crippen LogP) is 3.79. The topological polar surface area (TPSA) is 66.0 Å². The van der Waals surface area contributed by atoms with Crippen molar-refractivity contribution in [3.63, 3.8) is 0 Å². The third-order valence-electron chi connectivity index (χ3n) is 4.92. The first-order valence-corrected chi connectivity index (χ1v) is 9.40. The molecule has 0 spiro atoms. The molecular formula is C23H29NO5. The standard InChI is InChI=1S/C23H29NO5/c1-6-23(29-5,18-10-8-7-9-11-18)16-24-21(25)13-12-17-14-19(26-2)22(28-4)20(15-17)27-3/h7-15H,6,16H2,1-5H3,(H,24,25)/b13-12+. The number of hydrogen-bond donors (Lipinski definition) is 1. The fraction of sp³-hybridized carbons (Fsp3) is 0.348. The lowest BCUT2D eigenvalue weighted by molar-refractivity contribution is -0.118. The monoisotopic (exact) mass is 399 g/mol. The summed E-state index contributed by atoms with van der Waals surface area (Å²) in [5.74, 6) is 1.34. The number of methoxy groups -OCH3 is 4. The van der Waals surface area contributed by atoms with Gasteiger partial charge >= 0.3 is 0 Å². The Balaban J connectivity index is 2.13. The average molecular weight is 399 g/mol. The number of carbonyl (C=O) groups excluding carboxylic acids is 1. The van der Waals surface area contributed by atoms with Crippen LogP contribution in [0.4, 0.5) is 0 Å². The van der Waals surface area contributed by atoms with Crippen LogP contribution in [-0.4, -0.2) is 40.9 Å². The summed E-state index contributed by atoms with van der Waals surface area (Å²) in [5, 5.41) is 2.94. The predicted molar refractivity (Wildman–Crippen MR) is 114 cm³/mol. The van der Waals surface area contributed by atoms with Gasteiger partial charge in [-0.1, -0.05) is 37.3 Å². The normalized spacial score (nSPS) is 13.0. The number of carbonyl (C=O) groups is 1. The molecule has 0 saturated heterocycles. The molecule has 0 aliphatic carbocycles. The van der Waals surface area contributed by atoms with Gasteiger partial charge in [0.25, 0.3) is 0 Å². The number of ether oxygens (including phenoxy) is 4. The molecule has 0 heterocycles. The Kier molecular flexibility index (Phi) is 8.09. The third kappa shape index (κ3) is 5.29. The van der Waals surface area contributed by atoms with E-state index in [1.807, 2.05) is 37.3 Å². The molecule has 2 rings (SSSR count). The molecule has 0 saturated carbocycles. The zero-order valence-electron chi connectivity index (χ0n) is 17.7. The zero-order valence-corrected chi connectivity index (χ0v) is 17.7. The van der Waals surface area contributed by atoms with Gasteiger partial charge in [-0.2, -0.15) is 0 Å². The highest BCUT2D eigenvalue weighted by Crippen LogP contribution is 2.38. The van der Waals surface area contributed by atoms with Crippen LogP contribution in [0.5, 0.6) is 17.2 Å². The van der Waals surface area contributed by atoms with Crippen molar-refractivity contribution in [3.8, 4) is 17.2 Å². The highest BCUT2D eigenvalue weighted by molar-refractivity contribution is 5.92. The maximum atomic E-state index is 12.4. The van der Waals surface area contributed by atoms with Crippen molar-refractivity contribution >= 4 is 12.0 Å². The van der Waals surface area contributed by atoms with Crippen LogP contribution in [0, 0.1) is 0 Å². The Morgan fingerprint density at radius 3 is 2.10 bits per heavy atom. The summed E-state index contributed by atoms with van der Waals surface area (Å²) in [7, 11) is 6.31. The smallest absolute Gasteiger partial charge is 0.244 e. The van der Waals surface area contributed by atoms with Crippen molar-refractivity contribution in [1.82, 2.24) is 5.32 Å². The molecular weight excluding hydrogens is 370 g/mol. The largest absolute Gasteiger partial charge is 0.493 e. The van der Waals surface area contributed by atoms with E-state index < -0.39 is 5.60 Å². The van der Waals surface area contributed by atoms with E-state index >= 15 is 0 Å². The summed E-state index contributed by atoms with van der Waals surface area (Å²) in [6.45, 7) is 2.40. The van der Waals surface area contributed by atoms with Gasteiger partial charge in [-0.3, -0.25) is 4.79 Å². The molecule has 1 amide bonds. The van der Waals surface area contributed by atoms with Gasteiger partial charge in [0.05, 0.1) is 27.9 Å². The second-order valence-electron chi connectivity index (χ2n) is 6.43. The van der Waals surface area contributed by atoms with Crippen LogP contribution in [0.3, 0.4) is 0 Å². The van der Waals surface area contributed by atoms with Crippen molar-refractivity contribution in [2.24, 2.45) is 0 Å². The first-order valence-electron chi connectivity index (χ1n) is 9.40. The van der Waals surface area contributed by atoms with Gasteiger partial charge in [0.1, 0.15) is 5.60 Å². The summed E-state index contributed by atoms with van der Waals surface area (Å²) in [6.07, 6.45) is 3.90. The van der Waals surface area contributed by atoms with E-state index in [0.29, 0.717) is 23.8 Å². The van der Waals surface area contributed by atoms with Crippen LogP contribution >= 0.6 is 0 Å². The minimum absolute atomic E-state index is 0.218. The first kappa shape index (κ1) is 22.3. The van der Waals surface area contributed by atoms with E-state index in [1.54, 1.807) is 46.6 Å². The molecule has 0 aliphatic rings. The highest BCUT2D eigenvalue weighted by atomic mass is 16.5. The van der Waals surface area contributed by atoms with Gasteiger partial charge in [-0.15, -0.1) is 0 Å². The van der Waals surface area contributed by atoms with Crippen LogP contribution in [0.25, 0.3) is 6.08 Å².